The van der Waals surface area contributed by atoms with E-state index < -0.39 is 102 Å². The molecule has 22 heteroatoms. The number of aromatic nitrogens is 3. The Morgan fingerprint density at radius 2 is 1.18 bits per heavy atom. The van der Waals surface area contributed by atoms with Crippen molar-refractivity contribution >= 4 is 64.6 Å². The third kappa shape index (κ3) is 17.8. The number of phenolic OH excluding ortho intramolecular Hbond substituents is 1. The number of H-pyrrole nitrogens is 1. The number of primary amides is 1. The maximum absolute atomic E-state index is 15.0. The lowest BCUT2D eigenvalue weighted by Crippen LogP contribution is -2.60. The molecular weight excluding hydrogens is 1120 g/mol. The summed E-state index contributed by atoms with van der Waals surface area (Å²) in [7, 11) is 0. The van der Waals surface area contributed by atoms with Crippen molar-refractivity contribution in [2.75, 3.05) is 13.1 Å². The Morgan fingerprint density at radius 3 is 1.78 bits per heavy atom. The van der Waals surface area contributed by atoms with Crippen molar-refractivity contribution in [3.8, 4) is 5.75 Å². The van der Waals surface area contributed by atoms with Crippen molar-refractivity contribution < 1.29 is 48.3 Å². The molecule has 5 aromatic carbocycles. The number of carbonyl (C=O) groups is 9. The quantitative estimate of drug-likeness (QED) is 0.0291. The fraction of sp³-hybridized carbons (Fsp3) is 0.333. The first-order valence-corrected chi connectivity index (χ1v) is 29.5. The van der Waals surface area contributed by atoms with Crippen molar-refractivity contribution in [1.29, 1.82) is 0 Å². The molecule has 8 amide bonds. The van der Waals surface area contributed by atoms with Crippen LogP contribution < -0.4 is 43.0 Å². The third-order valence-corrected chi connectivity index (χ3v) is 15.6. The number of likely N-dealkylation sites (tertiary alicyclic amines) is 1. The van der Waals surface area contributed by atoms with Crippen molar-refractivity contribution in [3.05, 3.63) is 192 Å². The van der Waals surface area contributed by atoms with E-state index in [1.807, 2.05) is 78.9 Å². The Labute approximate surface area is 510 Å². The predicted octanol–water partition coefficient (Wildman–Crippen LogP) is 2.88. The molecule has 0 aliphatic carbocycles. The highest BCUT2D eigenvalue weighted by Gasteiger charge is 2.40. The van der Waals surface area contributed by atoms with Gasteiger partial charge >= 0.3 is 0 Å². The molecule has 0 spiro atoms. The van der Waals surface area contributed by atoms with Gasteiger partial charge in [0.05, 0.1) is 17.9 Å². The first kappa shape index (κ1) is 64.0. The maximum atomic E-state index is 15.0. The highest BCUT2D eigenvalue weighted by molar-refractivity contribution is 5.97. The van der Waals surface area contributed by atoms with Gasteiger partial charge in [0.1, 0.15) is 42.0 Å². The highest BCUT2D eigenvalue weighted by atomic mass is 16.3. The molecular formula is C66H76N12O10. The number of para-hydroxylation sites is 1. The Hall–Kier alpha value is -9.96. The number of rotatable bonds is 30. The van der Waals surface area contributed by atoms with Gasteiger partial charge in [0, 0.05) is 75.2 Å². The average Bonchev–Trinajstić information content (AvgIpc) is 2.28. The van der Waals surface area contributed by atoms with Crippen LogP contribution in [0.5, 0.6) is 5.75 Å². The molecule has 460 valence electrons. The lowest BCUT2D eigenvalue weighted by molar-refractivity contribution is -0.142. The van der Waals surface area contributed by atoms with Crippen LogP contribution in [0.2, 0.25) is 0 Å². The zero-order valence-corrected chi connectivity index (χ0v) is 49.4. The summed E-state index contributed by atoms with van der Waals surface area (Å²) in [5.41, 5.74) is 10.5. The van der Waals surface area contributed by atoms with Crippen LogP contribution in [0, 0.1) is 5.92 Å². The summed E-state index contributed by atoms with van der Waals surface area (Å²) in [6.45, 7) is 5.01. The summed E-state index contributed by atoms with van der Waals surface area (Å²) in [4.78, 5) is 134. The summed E-state index contributed by atoms with van der Waals surface area (Å²) >= 11 is 0. The van der Waals surface area contributed by atoms with Crippen LogP contribution in [0.4, 0.5) is 0 Å². The van der Waals surface area contributed by atoms with E-state index in [1.165, 1.54) is 41.0 Å². The number of fused-ring (bicyclic) bond motifs is 1. The predicted molar refractivity (Wildman–Crippen MR) is 330 cm³/mol. The molecule has 0 bridgehead atoms. The van der Waals surface area contributed by atoms with E-state index in [9.17, 15) is 48.3 Å². The lowest BCUT2D eigenvalue weighted by atomic mass is 9.99. The Morgan fingerprint density at radius 1 is 0.625 bits per heavy atom. The van der Waals surface area contributed by atoms with Crippen LogP contribution in [0.25, 0.3) is 10.9 Å². The summed E-state index contributed by atoms with van der Waals surface area (Å²) in [5, 5.41) is 31.3. The number of nitrogens with two attached hydrogens (primary N) is 1. The number of hydrogen-bond donors (Lipinski definition) is 10. The number of aromatic hydroxyl groups is 1. The van der Waals surface area contributed by atoms with Crippen LogP contribution in [0.3, 0.4) is 0 Å². The normalized spacial score (nSPS) is 15.4. The molecule has 1 aliphatic rings. The maximum Gasteiger partial charge on any atom is 0.246 e. The first-order valence-electron chi connectivity index (χ1n) is 29.5. The van der Waals surface area contributed by atoms with E-state index in [-0.39, 0.29) is 63.8 Å². The van der Waals surface area contributed by atoms with Gasteiger partial charge in [0.2, 0.25) is 53.7 Å². The van der Waals surface area contributed by atoms with Crippen molar-refractivity contribution in [2.24, 2.45) is 11.7 Å². The highest BCUT2D eigenvalue weighted by Crippen LogP contribution is 2.25. The number of nitrogens with zero attached hydrogens (tertiary/aromatic N) is 3. The molecule has 8 atom stereocenters. The first-order chi connectivity index (χ1) is 42.4. The van der Waals surface area contributed by atoms with Crippen LogP contribution in [-0.2, 0) is 81.7 Å². The number of aromatic amines is 1. The van der Waals surface area contributed by atoms with Crippen LogP contribution in [0.15, 0.2) is 158 Å². The second-order valence-electron chi connectivity index (χ2n) is 22.5. The van der Waals surface area contributed by atoms with E-state index in [2.05, 4.69) is 47.2 Å². The lowest BCUT2D eigenvalue weighted by Gasteiger charge is -2.30. The monoisotopic (exact) mass is 1200 g/mol. The summed E-state index contributed by atoms with van der Waals surface area (Å²) in [6, 6.07) is 32.4. The van der Waals surface area contributed by atoms with E-state index >= 15 is 0 Å². The van der Waals surface area contributed by atoms with Gasteiger partial charge in [0.15, 0.2) is 0 Å². The molecule has 1 aliphatic heterocycles. The smallest absolute Gasteiger partial charge is 0.246 e. The number of hydrogen-bond acceptors (Lipinski definition) is 12. The van der Waals surface area contributed by atoms with Gasteiger partial charge in [0.25, 0.3) is 0 Å². The van der Waals surface area contributed by atoms with Crippen LogP contribution >= 0.6 is 0 Å². The molecule has 3 heterocycles. The van der Waals surface area contributed by atoms with E-state index in [1.54, 1.807) is 68.6 Å². The number of benzene rings is 5. The van der Waals surface area contributed by atoms with E-state index in [0.717, 1.165) is 16.5 Å². The SMILES string of the molecule is CC(=O)N[C@@H](Cc1cn(C=O)c2ccccc12)C(=O)N1CCC[C@H]1C(=O)N[C@@H](Cc1ccccc1)C(=O)N[C@@H](Cc1cnc[nH]1)C(=O)NC(CN[C@@H](Cc1ccccc1)C(=O)N[C@H](C(=O)N[C@@H](Cc1ccc(O)cc1)C(N)=O)C(C)C)Cc1ccccc1. The summed E-state index contributed by atoms with van der Waals surface area (Å²) < 4.78 is 1.41. The van der Waals surface area contributed by atoms with Gasteiger partial charge in [-0.3, -0.25) is 47.7 Å². The van der Waals surface area contributed by atoms with Gasteiger partial charge in [-0.1, -0.05) is 135 Å². The van der Waals surface area contributed by atoms with Gasteiger partial charge in [-0.05, 0) is 77.6 Å². The summed E-state index contributed by atoms with van der Waals surface area (Å²) in [5.74, 6) is -5.26. The Bertz CT molecular complexity index is 3510. The minimum absolute atomic E-state index is 0.00304. The van der Waals surface area contributed by atoms with Crippen LogP contribution in [0.1, 0.15) is 67.1 Å². The molecule has 1 saturated heterocycles. The van der Waals surface area contributed by atoms with Gasteiger partial charge < -0.3 is 57.9 Å². The number of nitrogens with one attached hydrogen (secondary N) is 8. The minimum Gasteiger partial charge on any atom is -0.508 e. The number of imidazole rings is 1. The molecule has 1 unspecified atom stereocenters. The largest absolute Gasteiger partial charge is 0.508 e. The Kier molecular flexibility index (Phi) is 22.5. The van der Waals surface area contributed by atoms with E-state index in [0.29, 0.717) is 40.7 Å². The van der Waals surface area contributed by atoms with Crippen molar-refractivity contribution in [1.82, 2.24) is 56.7 Å². The third-order valence-electron chi connectivity index (χ3n) is 15.6. The van der Waals surface area contributed by atoms with Crippen molar-refractivity contribution in [2.45, 2.75) is 120 Å². The Balaban J connectivity index is 1.01. The second kappa shape index (κ2) is 30.9. The van der Waals surface area contributed by atoms with Crippen molar-refractivity contribution in [3.63, 3.8) is 0 Å². The molecule has 8 rings (SSSR count). The number of amides is 8. The molecule has 0 radical (unpaired) electrons. The molecule has 2 aromatic heterocycles. The minimum atomic E-state index is -1.26. The molecule has 22 nitrogen and oxygen atoms in total. The standard InChI is InChI=1S/C66H76N12O10/c1-41(2)59(65(87)73-52(60(67)82)31-46-25-27-50(81)28-26-46)76-61(83)53(32-44-18-9-5-10-19-44)69-37-49(30-43-16-7-4-8-17-43)72-62(84)55(35-48-36-68-39-70-48)74-63(85)54(33-45-20-11-6-12-21-45)75-64(86)58-24-15-29-78(58)66(88)56(71-42(3)80)34-47-38-77(40-79)57-23-14-13-22-51(47)57/h4-14,16-23,25-28,36,38-41,49,52-56,58-59,69,81H,15,24,29-35,37H2,1-3H3,(H2,67,82)(H,68,70)(H,71,80)(H,72,84)(H,73,87)(H,74,85)(H,75,86)(H,76,83)/t49?,52-,53-,54-,55-,56-,58-,59-/m0/s1. The van der Waals surface area contributed by atoms with Gasteiger partial charge in [-0.15, -0.1) is 0 Å². The van der Waals surface area contributed by atoms with Crippen LogP contribution in [-0.4, -0.2) is 140 Å². The topological polar surface area (TPSA) is 321 Å². The zero-order chi connectivity index (χ0) is 62.7. The molecule has 0 saturated carbocycles. The van der Waals surface area contributed by atoms with Gasteiger partial charge in [-0.25, -0.2) is 4.98 Å². The van der Waals surface area contributed by atoms with E-state index in [4.69, 9.17) is 5.73 Å². The average molecular weight is 1200 g/mol. The zero-order valence-electron chi connectivity index (χ0n) is 49.4. The second-order valence-corrected chi connectivity index (χ2v) is 22.5. The number of carbonyl (C=O) groups excluding carboxylic acids is 9. The summed E-state index contributed by atoms with van der Waals surface area (Å²) in [6.07, 6.45) is 6.42. The fourth-order valence-corrected chi connectivity index (χ4v) is 11.0. The molecule has 88 heavy (non-hydrogen) atoms. The molecule has 1 fully saturated rings. The number of phenols is 1. The fourth-order valence-electron chi connectivity index (χ4n) is 11.0. The molecule has 7 aromatic rings. The van der Waals surface area contributed by atoms with Gasteiger partial charge in [-0.2, -0.15) is 0 Å². The molecule has 11 N–H and O–H groups in total.